The number of carbonyl (C=O) groups excluding carboxylic acids is 5. The van der Waals surface area contributed by atoms with Gasteiger partial charge in [0.05, 0.1) is 17.7 Å². The van der Waals surface area contributed by atoms with Gasteiger partial charge in [0.1, 0.15) is 5.75 Å². The first-order valence-electron chi connectivity index (χ1n) is 12.5. The molecule has 1 aliphatic rings. The second kappa shape index (κ2) is 12.7. The molecule has 0 aromatic heterocycles. The van der Waals surface area contributed by atoms with Gasteiger partial charge in [0.15, 0.2) is 0 Å². The molecule has 0 atom stereocenters. The van der Waals surface area contributed by atoms with Crippen LogP contribution in [0, 0.1) is 0 Å². The van der Waals surface area contributed by atoms with E-state index in [0.717, 1.165) is 4.90 Å². The lowest BCUT2D eigenvalue weighted by Gasteiger charge is -2.12. The Hall–Kier alpha value is -5.03. The van der Waals surface area contributed by atoms with E-state index in [9.17, 15) is 24.0 Å². The number of anilines is 2. The van der Waals surface area contributed by atoms with E-state index in [4.69, 9.17) is 14.2 Å². The number of fused-ring (bicyclic) bond motifs is 1. The van der Waals surface area contributed by atoms with Gasteiger partial charge in [0.25, 0.3) is 23.6 Å². The van der Waals surface area contributed by atoms with E-state index in [1.165, 1.54) is 42.5 Å². The predicted octanol–water partition coefficient (Wildman–Crippen LogP) is 4.36. The van der Waals surface area contributed by atoms with Crippen LogP contribution in [0.3, 0.4) is 0 Å². The number of hydrogen-bond acceptors (Lipinski definition) is 8. The van der Waals surface area contributed by atoms with Gasteiger partial charge >= 0.3 is 6.16 Å². The minimum Gasteiger partial charge on any atom is -0.434 e. The van der Waals surface area contributed by atoms with Crippen LogP contribution < -0.4 is 15.4 Å². The lowest BCUT2D eigenvalue weighted by Crippen LogP contribution is -2.31. The molecule has 0 saturated heterocycles. The summed E-state index contributed by atoms with van der Waals surface area (Å²) < 4.78 is 14.7. The lowest BCUT2D eigenvalue weighted by molar-refractivity contribution is 0.0637. The van der Waals surface area contributed by atoms with Gasteiger partial charge in [-0.25, -0.2) is 4.79 Å². The standard InChI is InChI=1S/C29H27N3O8/c1-3-39-29(37)40-22-11-8-18(9-12-22)25(33)30-20-6-4-7-21(17-20)31-26(34)19-10-13-23-24(16-19)28(36)32(27(23)35)14-5-15-38-2/h4,6-13,16-17H,3,5,14-15H2,1-2H3,(H,30,33)(H,31,34). The van der Waals surface area contributed by atoms with Crippen LogP contribution in [0.25, 0.3) is 0 Å². The highest BCUT2D eigenvalue weighted by Gasteiger charge is 2.35. The summed E-state index contributed by atoms with van der Waals surface area (Å²) in [7, 11) is 1.54. The van der Waals surface area contributed by atoms with Crippen molar-refractivity contribution in [2.45, 2.75) is 13.3 Å². The molecule has 0 unspecified atom stereocenters. The smallest absolute Gasteiger partial charge is 0.434 e. The first-order valence-corrected chi connectivity index (χ1v) is 12.5. The third kappa shape index (κ3) is 6.51. The highest BCUT2D eigenvalue weighted by molar-refractivity contribution is 6.22. The van der Waals surface area contributed by atoms with Gasteiger partial charge < -0.3 is 24.8 Å². The van der Waals surface area contributed by atoms with E-state index in [0.29, 0.717) is 30.0 Å². The summed E-state index contributed by atoms with van der Waals surface area (Å²) in [5.41, 5.74) is 1.79. The largest absolute Gasteiger partial charge is 0.513 e. The molecule has 2 N–H and O–H groups in total. The Bertz CT molecular complexity index is 1450. The molecule has 1 heterocycles. The third-order valence-corrected chi connectivity index (χ3v) is 5.92. The molecular weight excluding hydrogens is 518 g/mol. The van der Waals surface area contributed by atoms with Crippen molar-refractivity contribution in [2.24, 2.45) is 0 Å². The summed E-state index contributed by atoms with van der Waals surface area (Å²) in [6, 6.07) is 16.8. The van der Waals surface area contributed by atoms with E-state index in [-0.39, 0.29) is 35.6 Å². The van der Waals surface area contributed by atoms with Gasteiger partial charge in [0, 0.05) is 42.8 Å². The summed E-state index contributed by atoms with van der Waals surface area (Å²) in [4.78, 5) is 63.5. The first kappa shape index (κ1) is 28.0. The summed E-state index contributed by atoms with van der Waals surface area (Å²) >= 11 is 0. The maximum atomic E-state index is 12.9. The molecule has 0 aliphatic carbocycles. The molecule has 0 bridgehead atoms. The van der Waals surface area contributed by atoms with Gasteiger partial charge in [-0.05, 0) is 74.0 Å². The number of hydrogen-bond donors (Lipinski definition) is 2. The van der Waals surface area contributed by atoms with Crippen LogP contribution >= 0.6 is 0 Å². The fraction of sp³-hybridized carbons (Fsp3) is 0.207. The van der Waals surface area contributed by atoms with Crippen molar-refractivity contribution in [1.82, 2.24) is 4.90 Å². The molecule has 11 nitrogen and oxygen atoms in total. The van der Waals surface area contributed by atoms with Crippen LogP contribution in [0.4, 0.5) is 16.2 Å². The Morgan fingerprint density at radius 2 is 1.43 bits per heavy atom. The van der Waals surface area contributed by atoms with Gasteiger partial charge in [0.2, 0.25) is 0 Å². The second-order valence-electron chi connectivity index (χ2n) is 8.67. The molecule has 0 saturated carbocycles. The van der Waals surface area contributed by atoms with Crippen molar-refractivity contribution in [3.63, 3.8) is 0 Å². The topological polar surface area (TPSA) is 140 Å². The number of nitrogens with one attached hydrogen (secondary N) is 2. The zero-order valence-electron chi connectivity index (χ0n) is 21.9. The Kier molecular flexibility index (Phi) is 8.87. The molecule has 0 fully saturated rings. The number of imide groups is 1. The van der Waals surface area contributed by atoms with Crippen LogP contribution in [-0.4, -0.2) is 61.6 Å². The Labute approximate surface area is 230 Å². The van der Waals surface area contributed by atoms with Crippen molar-refractivity contribution in [1.29, 1.82) is 0 Å². The fourth-order valence-electron chi connectivity index (χ4n) is 4.00. The van der Waals surface area contributed by atoms with Gasteiger partial charge in [-0.3, -0.25) is 24.1 Å². The zero-order chi connectivity index (χ0) is 28.6. The summed E-state index contributed by atoms with van der Waals surface area (Å²) in [5, 5.41) is 5.48. The van der Waals surface area contributed by atoms with Crippen LogP contribution in [-0.2, 0) is 9.47 Å². The number of methoxy groups -OCH3 is 1. The third-order valence-electron chi connectivity index (χ3n) is 5.92. The lowest BCUT2D eigenvalue weighted by atomic mass is 10.1. The molecule has 0 spiro atoms. The summed E-state index contributed by atoms with van der Waals surface area (Å²) in [6.45, 7) is 2.48. The monoisotopic (exact) mass is 545 g/mol. The van der Waals surface area contributed by atoms with Crippen molar-refractivity contribution >= 4 is 41.2 Å². The molecule has 3 aromatic carbocycles. The molecule has 206 valence electrons. The molecule has 4 rings (SSSR count). The average Bonchev–Trinajstić information content (AvgIpc) is 3.18. The van der Waals surface area contributed by atoms with Crippen LogP contribution in [0.2, 0.25) is 0 Å². The Balaban J connectivity index is 1.39. The quantitative estimate of drug-likeness (QED) is 0.166. The maximum absolute atomic E-state index is 12.9. The molecular formula is C29H27N3O8. The number of benzene rings is 3. The van der Waals surface area contributed by atoms with Crippen molar-refractivity contribution in [2.75, 3.05) is 37.5 Å². The summed E-state index contributed by atoms with van der Waals surface area (Å²) in [6.07, 6.45) is -0.323. The molecule has 3 aromatic rings. The first-order chi connectivity index (χ1) is 19.3. The van der Waals surface area contributed by atoms with E-state index in [2.05, 4.69) is 10.6 Å². The number of carbonyl (C=O) groups is 5. The highest BCUT2D eigenvalue weighted by Crippen LogP contribution is 2.25. The number of rotatable bonds is 10. The van der Waals surface area contributed by atoms with E-state index >= 15 is 0 Å². The zero-order valence-corrected chi connectivity index (χ0v) is 21.9. The Morgan fingerprint density at radius 1 is 0.800 bits per heavy atom. The van der Waals surface area contributed by atoms with Crippen LogP contribution in [0.5, 0.6) is 5.75 Å². The predicted molar refractivity (Wildman–Crippen MR) is 145 cm³/mol. The van der Waals surface area contributed by atoms with Crippen LogP contribution in [0.15, 0.2) is 66.7 Å². The molecule has 11 heteroatoms. The maximum Gasteiger partial charge on any atom is 0.513 e. The minimum absolute atomic E-state index is 0.176. The van der Waals surface area contributed by atoms with Gasteiger partial charge in [-0.1, -0.05) is 6.07 Å². The average molecular weight is 546 g/mol. The number of amides is 4. The molecule has 4 amide bonds. The number of ether oxygens (including phenoxy) is 3. The molecule has 0 radical (unpaired) electrons. The SMILES string of the molecule is CCOC(=O)Oc1ccc(C(=O)Nc2cccc(NC(=O)c3ccc4c(c3)C(=O)N(CCCOC)C4=O)c2)cc1. The number of nitrogens with zero attached hydrogens (tertiary/aromatic N) is 1. The Morgan fingerprint density at radius 3 is 2.08 bits per heavy atom. The van der Waals surface area contributed by atoms with Crippen molar-refractivity contribution < 1.29 is 38.2 Å². The van der Waals surface area contributed by atoms with Crippen molar-refractivity contribution in [3.05, 3.63) is 89.0 Å². The highest BCUT2D eigenvalue weighted by atomic mass is 16.7. The molecule has 1 aliphatic heterocycles. The second-order valence-corrected chi connectivity index (χ2v) is 8.67. The van der Waals surface area contributed by atoms with E-state index in [1.807, 2.05) is 0 Å². The fourth-order valence-corrected chi connectivity index (χ4v) is 4.00. The molecule has 40 heavy (non-hydrogen) atoms. The normalized spacial score (nSPS) is 12.1. The van der Waals surface area contributed by atoms with Gasteiger partial charge in [-0.15, -0.1) is 0 Å². The summed E-state index contributed by atoms with van der Waals surface area (Å²) in [5.74, 6) is -1.51. The van der Waals surface area contributed by atoms with E-state index < -0.39 is 29.8 Å². The minimum atomic E-state index is -0.835. The van der Waals surface area contributed by atoms with Gasteiger partial charge in [-0.2, -0.15) is 0 Å². The van der Waals surface area contributed by atoms with Crippen LogP contribution in [0.1, 0.15) is 54.8 Å². The van der Waals surface area contributed by atoms with Crippen molar-refractivity contribution in [3.8, 4) is 5.75 Å². The van der Waals surface area contributed by atoms with E-state index in [1.54, 1.807) is 38.3 Å².